The lowest BCUT2D eigenvalue weighted by atomic mass is 10.8. The summed E-state index contributed by atoms with van der Waals surface area (Å²) in [6.45, 7) is 2.76. The van der Waals surface area contributed by atoms with E-state index in [9.17, 15) is 0 Å². The number of rotatable bonds is 3. The second kappa shape index (κ2) is 4.01. The Bertz CT molecular complexity index is 37.9. The van der Waals surface area contributed by atoms with Crippen LogP contribution in [0.2, 0.25) is 0 Å². The van der Waals surface area contributed by atoms with E-state index in [1.54, 1.807) is 7.05 Å². The maximum absolute atomic E-state index is 6.92. The second-order valence-corrected chi connectivity index (χ2v) is 1.16. The number of hydrogen-bond acceptors (Lipinski definition) is 2. The van der Waals surface area contributed by atoms with E-state index in [2.05, 4.69) is 10.9 Å². The van der Waals surface area contributed by atoms with Crippen LogP contribution >= 0.6 is 0 Å². The molecule has 0 saturated carbocycles. The van der Waals surface area contributed by atoms with Crippen molar-refractivity contribution in [2.75, 3.05) is 13.6 Å². The van der Waals surface area contributed by atoms with E-state index in [-0.39, 0.29) is 0 Å². The molecule has 0 aliphatic carbocycles. The molecule has 7 heavy (non-hydrogen) atoms. The molecule has 0 spiro atoms. The molecule has 0 radical (unpaired) electrons. The molecule has 0 amide bonds. The van der Waals surface area contributed by atoms with Gasteiger partial charge in [-0.15, -0.1) is 0 Å². The zero-order chi connectivity index (χ0) is 5.70. The smallest absolute Gasteiger partial charge is 0.0429 e. The van der Waals surface area contributed by atoms with Crippen LogP contribution in [0.25, 0.3) is 5.84 Å². The summed E-state index contributed by atoms with van der Waals surface area (Å²) in [6.07, 6.45) is 0. The molecule has 4 N–H and O–H groups in total. The summed E-state index contributed by atoms with van der Waals surface area (Å²) in [5.74, 6) is 6.92. The van der Waals surface area contributed by atoms with E-state index < -0.39 is 0 Å². The lowest BCUT2D eigenvalue weighted by Gasteiger charge is -2.17. The largest absolute Gasteiger partial charge is 0.427 e. The van der Waals surface area contributed by atoms with Gasteiger partial charge in [0.15, 0.2) is 0 Å². The average Bonchev–Trinajstić information content (AvgIpc) is 1.68. The second-order valence-electron chi connectivity index (χ2n) is 1.16. The molecule has 0 fully saturated rings. The van der Waals surface area contributed by atoms with Gasteiger partial charge in [0, 0.05) is 13.6 Å². The molecular weight excluding hydrogens is 92.1 g/mol. The van der Waals surface area contributed by atoms with Crippen molar-refractivity contribution in [3.05, 3.63) is 5.84 Å². The first-order valence-electron chi connectivity index (χ1n) is 2.31. The van der Waals surface area contributed by atoms with Crippen LogP contribution < -0.4 is 16.1 Å². The lowest BCUT2D eigenvalue weighted by Crippen LogP contribution is -3.18. The highest BCUT2D eigenvalue weighted by Crippen LogP contribution is 1.34. The molecule has 1 unspecified atom stereocenters. The van der Waals surface area contributed by atoms with Crippen molar-refractivity contribution in [1.82, 2.24) is 10.9 Å². The van der Waals surface area contributed by atoms with Gasteiger partial charge in [-0.3, -0.25) is 5.23 Å². The molecule has 0 aliphatic heterocycles. The van der Waals surface area contributed by atoms with Crippen molar-refractivity contribution in [3.63, 3.8) is 0 Å². The average molecular weight is 104 g/mol. The summed E-state index contributed by atoms with van der Waals surface area (Å²) in [5.41, 5.74) is 5.41. The molecule has 0 aromatic heterocycles. The van der Waals surface area contributed by atoms with Gasteiger partial charge < -0.3 is 5.84 Å². The summed E-state index contributed by atoms with van der Waals surface area (Å²) >= 11 is 0. The summed E-state index contributed by atoms with van der Waals surface area (Å²) in [5, 5.41) is 0.377. The Hall–Kier alpha value is -0.160. The van der Waals surface area contributed by atoms with Gasteiger partial charge in [0.2, 0.25) is 0 Å². The summed E-state index contributed by atoms with van der Waals surface area (Å²) in [7, 11) is 1.71. The van der Waals surface area contributed by atoms with Gasteiger partial charge >= 0.3 is 0 Å². The van der Waals surface area contributed by atoms with E-state index >= 15 is 0 Å². The van der Waals surface area contributed by atoms with Crippen molar-refractivity contribution >= 4 is 0 Å². The zero-order valence-corrected chi connectivity index (χ0v) is 4.71. The Morgan fingerprint density at radius 3 is 2.43 bits per heavy atom. The van der Waals surface area contributed by atoms with Crippen LogP contribution in [0.1, 0.15) is 6.92 Å². The molecule has 0 saturated heterocycles. The fraction of sp³-hybridized carbons (Fsp3) is 1.00. The van der Waals surface area contributed by atoms with Gasteiger partial charge in [-0.25, -0.2) is 0 Å². The quantitative estimate of drug-likeness (QED) is 0.382. The number of nitrogens with one attached hydrogen (secondary N) is 4. The van der Waals surface area contributed by atoms with Crippen LogP contribution in [-0.4, -0.2) is 13.6 Å². The van der Waals surface area contributed by atoms with Crippen molar-refractivity contribution in [2.24, 2.45) is 0 Å². The highest BCUT2D eigenvalue weighted by molar-refractivity contribution is 4.10. The molecule has 0 rings (SSSR count). The fourth-order valence-electron chi connectivity index (χ4n) is 0.265. The highest BCUT2D eigenvalue weighted by atomic mass is 15.8. The van der Waals surface area contributed by atoms with Crippen LogP contribution in [0.3, 0.4) is 0 Å². The first-order valence-corrected chi connectivity index (χ1v) is 2.31. The molecule has 0 aliphatic rings. The van der Waals surface area contributed by atoms with E-state index in [0.29, 0.717) is 5.23 Å². The Morgan fingerprint density at radius 2 is 2.29 bits per heavy atom. The Labute approximate surface area is 43.6 Å². The van der Waals surface area contributed by atoms with Crippen molar-refractivity contribution in [1.29, 1.82) is 0 Å². The summed E-state index contributed by atoms with van der Waals surface area (Å²) in [6, 6.07) is 0. The van der Waals surface area contributed by atoms with Crippen molar-refractivity contribution in [3.8, 4) is 0 Å². The van der Waals surface area contributed by atoms with Crippen LogP contribution in [0.15, 0.2) is 0 Å². The minimum absolute atomic E-state index is 0.377. The van der Waals surface area contributed by atoms with Crippen LogP contribution in [-0.2, 0) is 0 Å². The standard InChI is InChI=1S/C3H12N4/c1-3-6-7(4)5-2/h4-7H,3H2,1-2H3. The summed E-state index contributed by atoms with van der Waals surface area (Å²) in [4.78, 5) is 0. The van der Waals surface area contributed by atoms with Gasteiger partial charge in [0.1, 0.15) is 0 Å². The fourth-order valence-corrected chi connectivity index (χ4v) is 0.265. The topological polar surface area (TPSA) is 52.3 Å². The molecule has 0 bridgehead atoms. The van der Waals surface area contributed by atoms with E-state index in [1.807, 2.05) is 6.92 Å². The molecule has 4 heteroatoms. The van der Waals surface area contributed by atoms with Crippen molar-refractivity contribution in [2.45, 2.75) is 6.92 Å². The van der Waals surface area contributed by atoms with Crippen LogP contribution in [0.4, 0.5) is 0 Å². The molecule has 1 atom stereocenters. The molecule has 0 aromatic rings. The molecular formula is C3H12N4. The zero-order valence-electron chi connectivity index (χ0n) is 4.71. The van der Waals surface area contributed by atoms with Gasteiger partial charge in [0.05, 0.1) is 0 Å². The monoisotopic (exact) mass is 104 g/mol. The Morgan fingerprint density at radius 1 is 1.71 bits per heavy atom. The van der Waals surface area contributed by atoms with Gasteiger partial charge in [-0.05, 0) is 6.92 Å². The Balaban J connectivity index is 2.83. The molecule has 0 aromatic carbocycles. The third-order valence-electron chi connectivity index (χ3n) is 0.604. The molecule has 0 heterocycles. The molecule has 4 nitrogen and oxygen atoms in total. The van der Waals surface area contributed by atoms with Gasteiger partial charge in [0.25, 0.3) is 0 Å². The maximum Gasteiger partial charge on any atom is 0.0429 e. The third kappa shape index (κ3) is 3.68. The van der Waals surface area contributed by atoms with E-state index in [0.717, 1.165) is 6.54 Å². The predicted octanol–water partition coefficient (Wildman–Crippen LogP) is -1.50. The van der Waals surface area contributed by atoms with Crippen molar-refractivity contribution < 1.29 is 5.23 Å². The number of hydrogen-bond donors (Lipinski definition) is 3. The normalized spacial score (nSPS) is 14.1. The van der Waals surface area contributed by atoms with Crippen LogP contribution in [0, 0.1) is 0 Å². The van der Waals surface area contributed by atoms with E-state index in [4.69, 9.17) is 5.84 Å². The molecule has 44 valence electrons. The first kappa shape index (κ1) is 6.84. The van der Waals surface area contributed by atoms with Gasteiger partial charge in [-0.2, -0.15) is 10.9 Å². The summed E-state index contributed by atoms with van der Waals surface area (Å²) < 4.78 is 0. The highest BCUT2D eigenvalue weighted by Gasteiger charge is 1.80. The number of quaternary nitrogens is 1. The minimum atomic E-state index is 0.377. The predicted molar refractivity (Wildman–Crippen MR) is 28.0 cm³/mol. The maximum atomic E-state index is 6.92. The SMILES string of the molecule is CCN[NH+]([NH-])NC. The third-order valence-corrected chi connectivity index (χ3v) is 0.604. The van der Waals surface area contributed by atoms with Crippen LogP contribution in [0.5, 0.6) is 0 Å². The van der Waals surface area contributed by atoms with Gasteiger partial charge in [-0.1, -0.05) is 0 Å². The Kier molecular flexibility index (Phi) is 3.92. The first-order chi connectivity index (χ1) is 3.31. The lowest BCUT2D eigenvalue weighted by molar-refractivity contribution is -0.939. The minimum Gasteiger partial charge on any atom is -0.427 e. The van der Waals surface area contributed by atoms with E-state index in [1.165, 1.54) is 0 Å².